The largest absolute Gasteiger partial charge is 2.00 e. The molecule has 0 fully saturated rings. The molecule has 0 bridgehead atoms. The number of carboxylic acid groups (broad SMARTS) is 2. The van der Waals surface area contributed by atoms with Crippen molar-refractivity contribution in [2.45, 2.75) is 44.9 Å². The average Bonchev–Trinajstić information content (AvgIpc) is 2.01. The van der Waals surface area contributed by atoms with Gasteiger partial charge in [-0.2, -0.15) is 0 Å². The van der Waals surface area contributed by atoms with E-state index >= 15 is 0 Å². The Bertz CT molecular complexity index is 152. The minimum Gasteiger partial charge on any atom is -0.550 e. The number of rotatable bonds is 8. The molecule has 5 heteroatoms. The van der Waals surface area contributed by atoms with Crippen LogP contribution in [0.1, 0.15) is 44.9 Å². The van der Waals surface area contributed by atoms with Crippen LogP contribution in [0.5, 0.6) is 0 Å². The fourth-order valence-electron chi connectivity index (χ4n) is 1.07. The van der Waals surface area contributed by atoms with E-state index in [0.29, 0.717) is 12.8 Å². The molecule has 0 aliphatic rings. The Morgan fingerprint density at radius 1 is 0.714 bits per heavy atom. The molecule has 0 rings (SSSR count). The van der Waals surface area contributed by atoms with E-state index in [1.807, 2.05) is 0 Å². The van der Waals surface area contributed by atoms with Gasteiger partial charge in [-0.25, -0.2) is 0 Å². The van der Waals surface area contributed by atoms with Crippen molar-refractivity contribution in [1.29, 1.82) is 0 Å². The molecule has 0 atom stereocenters. The number of aliphatic carboxylic acids is 2. The Kier molecular flexibility index (Phi) is 12.2. The number of carbonyl (C=O) groups excluding carboxylic acids is 2. The quantitative estimate of drug-likeness (QED) is 0.434. The van der Waals surface area contributed by atoms with E-state index in [9.17, 15) is 19.8 Å². The van der Waals surface area contributed by atoms with Crippen molar-refractivity contribution in [2.75, 3.05) is 0 Å². The van der Waals surface area contributed by atoms with Crippen molar-refractivity contribution < 1.29 is 40.2 Å². The molecule has 0 unspecified atom stereocenters. The van der Waals surface area contributed by atoms with E-state index in [2.05, 4.69) is 0 Å². The summed E-state index contributed by atoms with van der Waals surface area (Å²) >= 11 is 0. The number of carboxylic acids is 2. The van der Waals surface area contributed by atoms with E-state index in [1.54, 1.807) is 0 Å². The molecule has 0 saturated heterocycles. The second kappa shape index (κ2) is 10.7. The molecular weight excluding hydrogens is 279 g/mol. The predicted molar refractivity (Wildman–Crippen MR) is 42.3 cm³/mol. The van der Waals surface area contributed by atoms with Crippen LogP contribution >= 0.6 is 0 Å². The fraction of sp³-hybridized carbons (Fsp3) is 0.778. The van der Waals surface area contributed by atoms with Crippen molar-refractivity contribution in [2.24, 2.45) is 0 Å². The van der Waals surface area contributed by atoms with Crippen molar-refractivity contribution in [3.8, 4) is 0 Å². The van der Waals surface area contributed by atoms with Crippen LogP contribution in [0.25, 0.3) is 0 Å². The molecule has 84 valence electrons. The first-order valence-electron chi connectivity index (χ1n) is 4.52. The zero-order valence-corrected chi connectivity index (χ0v) is 9.45. The molecule has 0 heterocycles. The van der Waals surface area contributed by atoms with Gasteiger partial charge in [-0.05, 0) is 25.7 Å². The minimum absolute atomic E-state index is 0. The summed E-state index contributed by atoms with van der Waals surface area (Å²) in [5.41, 5.74) is 0. The fourth-order valence-corrected chi connectivity index (χ4v) is 1.07. The maximum atomic E-state index is 9.98. The third kappa shape index (κ3) is 14.1. The molecule has 14 heavy (non-hydrogen) atoms. The SMILES string of the molecule is O=C([O-])CCCCCCCC(=O)[O-].[Pd+2]. The van der Waals surface area contributed by atoms with E-state index < -0.39 is 11.9 Å². The van der Waals surface area contributed by atoms with Crippen molar-refractivity contribution >= 4 is 11.9 Å². The second-order valence-corrected chi connectivity index (χ2v) is 3.01. The summed E-state index contributed by atoms with van der Waals surface area (Å²) in [6.07, 6.45) is 3.95. The third-order valence-corrected chi connectivity index (χ3v) is 1.76. The molecule has 0 aliphatic carbocycles. The molecule has 0 amide bonds. The normalized spacial score (nSPS) is 9.14. The van der Waals surface area contributed by atoms with Crippen LogP contribution in [0.2, 0.25) is 0 Å². The van der Waals surface area contributed by atoms with Gasteiger partial charge in [-0.15, -0.1) is 0 Å². The van der Waals surface area contributed by atoms with Crippen LogP contribution in [0.15, 0.2) is 0 Å². The topological polar surface area (TPSA) is 80.3 Å². The Morgan fingerprint density at radius 2 is 1.00 bits per heavy atom. The van der Waals surface area contributed by atoms with Crippen LogP contribution in [0.3, 0.4) is 0 Å². The first-order valence-corrected chi connectivity index (χ1v) is 4.52. The first-order chi connectivity index (χ1) is 6.13. The van der Waals surface area contributed by atoms with Gasteiger partial charge in [0.2, 0.25) is 0 Å². The van der Waals surface area contributed by atoms with Gasteiger partial charge in [-0.1, -0.05) is 19.3 Å². The number of carbonyl (C=O) groups is 2. The standard InChI is InChI=1S/C9H16O4.Pd/c10-8(11)6-4-2-1-3-5-7-9(12)13;/h1-7H2,(H,10,11)(H,12,13);/q;+2/p-2. The predicted octanol–water partition coefficient (Wildman–Crippen LogP) is -0.786. The zero-order valence-electron chi connectivity index (χ0n) is 7.90. The molecular formula is C9H14O4Pd. The Balaban J connectivity index is 0. The summed E-state index contributed by atoms with van der Waals surface area (Å²) in [4.78, 5) is 20.0. The summed E-state index contributed by atoms with van der Waals surface area (Å²) in [6, 6.07) is 0. The summed E-state index contributed by atoms with van der Waals surface area (Å²) in [6.45, 7) is 0. The Morgan fingerprint density at radius 3 is 1.29 bits per heavy atom. The van der Waals surface area contributed by atoms with Gasteiger partial charge in [-0.3, -0.25) is 0 Å². The molecule has 0 aromatic rings. The molecule has 0 saturated carbocycles. The van der Waals surface area contributed by atoms with Gasteiger partial charge in [0.15, 0.2) is 0 Å². The summed E-state index contributed by atoms with van der Waals surface area (Å²) in [5.74, 6) is -2.04. The average molecular weight is 293 g/mol. The van der Waals surface area contributed by atoms with Crippen LogP contribution in [-0.4, -0.2) is 11.9 Å². The zero-order chi connectivity index (χ0) is 10.1. The minimum atomic E-state index is -1.02. The number of hydrogen-bond acceptors (Lipinski definition) is 4. The molecule has 0 N–H and O–H groups in total. The maximum absolute atomic E-state index is 9.98. The van der Waals surface area contributed by atoms with Gasteiger partial charge >= 0.3 is 20.4 Å². The summed E-state index contributed by atoms with van der Waals surface area (Å²) in [5, 5.41) is 20.0. The van der Waals surface area contributed by atoms with E-state index in [1.165, 1.54) is 0 Å². The first kappa shape index (κ1) is 16.0. The Hall–Kier alpha value is -0.398. The van der Waals surface area contributed by atoms with Crippen LogP contribution < -0.4 is 10.2 Å². The van der Waals surface area contributed by atoms with Gasteiger partial charge < -0.3 is 19.8 Å². The second-order valence-electron chi connectivity index (χ2n) is 3.01. The third-order valence-electron chi connectivity index (χ3n) is 1.76. The molecule has 0 radical (unpaired) electrons. The summed E-state index contributed by atoms with van der Waals surface area (Å²) in [7, 11) is 0. The van der Waals surface area contributed by atoms with Gasteiger partial charge in [0.1, 0.15) is 0 Å². The molecule has 0 aromatic carbocycles. The van der Waals surface area contributed by atoms with Crippen LogP contribution in [-0.2, 0) is 30.0 Å². The number of hydrogen-bond donors (Lipinski definition) is 0. The van der Waals surface area contributed by atoms with Crippen molar-refractivity contribution in [3.05, 3.63) is 0 Å². The van der Waals surface area contributed by atoms with E-state index in [-0.39, 0.29) is 33.3 Å². The summed E-state index contributed by atoms with van der Waals surface area (Å²) < 4.78 is 0. The van der Waals surface area contributed by atoms with E-state index in [0.717, 1.165) is 19.3 Å². The Labute approximate surface area is 97.3 Å². The number of unbranched alkanes of at least 4 members (excludes halogenated alkanes) is 4. The van der Waals surface area contributed by atoms with Gasteiger partial charge in [0, 0.05) is 11.9 Å². The smallest absolute Gasteiger partial charge is 0.550 e. The van der Waals surface area contributed by atoms with Gasteiger partial charge in [0.05, 0.1) is 0 Å². The van der Waals surface area contributed by atoms with Crippen LogP contribution in [0.4, 0.5) is 0 Å². The molecule has 0 spiro atoms. The monoisotopic (exact) mass is 292 g/mol. The maximum Gasteiger partial charge on any atom is 2.00 e. The van der Waals surface area contributed by atoms with Gasteiger partial charge in [0.25, 0.3) is 0 Å². The molecule has 4 nitrogen and oxygen atoms in total. The van der Waals surface area contributed by atoms with Crippen molar-refractivity contribution in [1.82, 2.24) is 0 Å². The van der Waals surface area contributed by atoms with Crippen molar-refractivity contribution in [3.63, 3.8) is 0 Å². The van der Waals surface area contributed by atoms with E-state index in [4.69, 9.17) is 0 Å². The van der Waals surface area contributed by atoms with Crippen LogP contribution in [0, 0.1) is 0 Å². The molecule has 0 aromatic heterocycles. The molecule has 0 aliphatic heterocycles.